The van der Waals surface area contributed by atoms with Crippen molar-refractivity contribution < 1.29 is 4.79 Å². The van der Waals surface area contributed by atoms with Gasteiger partial charge in [-0.3, -0.25) is 9.48 Å². The Kier molecular flexibility index (Phi) is 4.09. The van der Waals surface area contributed by atoms with Gasteiger partial charge < -0.3 is 5.32 Å². The maximum absolute atomic E-state index is 11.9. The van der Waals surface area contributed by atoms with E-state index in [1.54, 1.807) is 16.0 Å². The van der Waals surface area contributed by atoms with Crippen molar-refractivity contribution in [3.63, 3.8) is 0 Å². The van der Waals surface area contributed by atoms with Crippen molar-refractivity contribution in [2.45, 2.75) is 25.8 Å². The summed E-state index contributed by atoms with van der Waals surface area (Å²) in [6, 6.07) is 1.89. The van der Waals surface area contributed by atoms with Crippen molar-refractivity contribution >= 4 is 17.2 Å². The molecule has 0 radical (unpaired) electrons. The first-order valence-electron chi connectivity index (χ1n) is 5.85. The molecule has 0 saturated heterocycles. The van der Waals surface area contributed by atoms with Gasteiger partial charge in [-0.15, -0.1) is 0 Å². The highest BCUT2D eigenvalue weighted by molar-refractivity contribution is 7.07. The number of aryl methyl sites for hydroxylation is 1. The van der Waals surface area contributed by atoms with Crippen LogP contribution in [0.1, 0.15) is 30.8 Å². The summed E-state index contributed by atoms with van der Waals surface area (Å²) in [5.41, 5.74) is 1.05. The van der Waals surface area contributed by atoms with Gasteiger partial charge in [-0.25, -0.2) is 4.98 Å². The van der Waals surface area contributed by atoms with Crippen LogP contribution in [0, 0.1) is 0 Å². The quantitative estimate of drug-likeness (QED) is 0.894. The molecule has 2 aromatic heterocycles. The van der Waals surface area contributed by atoms with Crippen molar-refractivity contribution in [2.75, 3.05) is 0 Å². The van der Waals surface area contributed by atoms with Crippen LogP contribution in [0.15, 0.2) is 23.2 Å². The largest absolute Gasteiger partial charge is 0.346 e. The molecule has 1 atom stereocenters. The van der Waals surface area contributed by atoms with E-state index in [9.17, 15) is 4.79 Å². The number of thiophene rings is 1. The highest BCUT2D eigenvalue weighted by Crippen LogP contribution is 2.13. The minimum Gasteiger partial charge on any atom is -0.346 e. The van der Waals surface area contributed by atoms with Crippen LogP contribution in [0.2, 0.25) is 0 Å². The molecule has 5 nitrogen and oxygen atoms in total. The molecule has 0 fully saturated rings. The lowest BCUT2D eigenvalue weighted by Gasteiger charge is -2.15. The summed E-state index contributed by atoms with van der Waals surface area (Å²) in [4.78, 5) is 16.1. The third kappa shape index (κ3) is 2.95. The number of carbonyl (C=O) groups is 1. The molecule has 0 aliphatic rings. The molecule has 6 heteroatoms. The van der Waals surface area contributed by atoms with Crippen LogP contribution in [-0.2, 0) is 18.3 Å². The Balaban J connectivity index is 1.98. The fourth-order valence-electron chi connectivity index (χ4n) is 1.79. The summed E-state index contributed by atoms with van der Waals surface area (Å²) >= 11 is 1.60. The molecule has 2 heterocycles. The average Bonchev–Trinajstić information content (AvgIpc) is 2.98. The Morgan fingerprint density at radius 3 is 3.00 bits per heavy atom. The van der Waals surface area contributed by atoms with Crippen molar-refractivity contribution in [1.82, 2.24) is 20.1 Å². The predicted octanol–water partition coefficient (Wildman–Crippen LogP) is 1.69. The first-order chi connectivity index (χ1) is 8.70. The van der Waals surface area contributed by atoms with E-state index in [4.69, 9.17) is 0 Å². The monoisotopic (exact) mass is 264 g/mol. The van der Waals surface area contributed by atoms with Crippen molar-refractivity contribution in [1.29, 1.82) is 0 Å². The predicted molar refractivity (Wildman–Crippen MR) is 70.2 cm³/mol. The van der Waals surface area contributed by atoms with Crippen LogP contribution >= 0.6 is 11.3 Å². The first-order valence-corrected chi connectivity index (χ1v) is 6.79. The standard InChI is InChI=1S/C12H16N4OS/c1-3-10(12-13-8-14-16(12)2)15-11(17)6-9-4-5-18-7-9/h4-5,7-8,10H,3,6H2,1-2H3,(H,15,17)/t10-/m1/s1. The second kappa shape index (κ2) is 5.77. The molecule has 0 aliphatic carbocycles. The van der Waals surface area contributed by atoms with Gasteiger partial charge in [0.05, 0.1) is 12.5 Å². The van der Waals surface area contributed by atoms with Gasteiger partial charge in [-0.05, 0) is 28.8 Å². The van der Waals surface area contributed by atoms with Gasteiger partial charge in [0.2, 0.25) is 5.91 Å². The summed E-state index contributed by atoms with van der Waals surface area (Å²) in [6.07, 6.45) is 2.71. The molecular formula is C12H16N4OS. The molecular weight excluding hydrogens is 248 g/mol. The van der Waals surface area contributed by atoms with Crippen LogP contribution in [0.4, 0.5) is 0 Å². The molecule has 2 aromatic rings. The van der Waals surface area contributed by atoms with E-state index in [0.717, 1.165) is 17.8 Å². The van der Waals surface area contributed by atoms with E-state index in [1.165, 1.54) is 6.33 Å². The molecule has 0 spiro atoms. The number of hydrogen-bond donors (Lipinski definition) is 1. The van der Waals surface area contributed by atoms with Gasteiger partial charge in [0, 0.05) is 7.05 Å². The second-order valence-electron chi connectivity index (χ2n) is 4.08. The van der Waals surface area contributed by atoms with Gasteiger partial charge in [-0.2, -0.15) is 16.4 Å². The van der Waals surface area contributed by atoms with Crippen LogP contribution < -0.4 is 5.32 Å². The van der Waals surface area contributed by atoms with Crippen molar-refractivity contribution in [3.05, 3.63) is 34.5 Å². The summed E-state index contributed by atoms with van der Waals surface area (Å²) in [5, 5.41) is 11.0. The minimum atomic E-state index is -0.0800. The fraction of sp³-hybridized carbons (Fsp3) is 0.417. The summed E-state index contributed by atoms with van der Waals surface area (Å²) in [7, 11) is 1.83. The third-order valence-corrected chi connectivity index (χ3v) is 3.48. The van der Waals surface area contributed by atoms with Crippen LogP contribution in [0.25, 0.3) is 0 Å². The lowest BCUT2D eigenvalue weighted by Crippen LogP contribution is -2.31. The van der Waals surface area contributed by atoms with Crippen LogP contribution in [-0.4, -0.2) is 20.7 Å². The summed E-state index contributed by atoms with van der Waals surface area (Å²) in [6.45, 7) is 2.02. The van der Waals surface area contributed by atoms with E-state index in [-0.39, 0.29) is 11.9 Å². The molecule has 1 amide bonds. The maximum atomic E-state index is 11.9. The molecule has 0 unspecified atom stereocenters. The Bertz CT molecular complexity index is 506. The highest BCUT2D eigenvalue weighted by atomic mass is 32.1. The summed E-state index contributed by atoms with van der Waals surface area (Å²) in [5.74, 6) is 0.805. The number of hydrogen-bond acceptors (Lipinski definition) is 4. The Labute approximate surface area is 110 Å². The molecule has 2 rings (SSSR count). The van der Waals surface area contributed by atoms with E-state index in [0.29, 0.717) is 6.42 Å². The van der Waals surface area contributed by atoms with E-state index in [2.05, 4.69) is 15.4 Å². The lowest BCUT2D eigenvalue weighted by molar-refractivity contribution is -0.121. The van der Waals surface area contributed by atoms with E-state index in [1.807, 2.05) is 30.8 Å². The fourth-order valence-corrected chi connectivity index (χ4v) is 2.46. The van der Waals surface area contributed by atoms with Gasteiger partial charge in [0.25, 0.3) is 0 Å². The molecule has 96 valence electrons. The van der Waals surface area contributed by atoms with Crippen molar-refractivity contribution in [3.8, 4) is 0 Å². The maximum Gasteiger partial charge on any atom is 0.225 e. The van der Waals surface area contributed by atoms with E-state index < -0.39 is 0 Å². The number of nitrogens with zero attached hydrogens (tertiary/aromatic N) is 3. The zero-order valence-corrected chi connectivity index (χ0v) is 11.3. The van der Waals surface area contributed by atoms with Crippen LogP contribution in [0.5, 0.6) is 0 Å². The lowest BCUT2D eigenvalue weighted by atomic mass is 10.2. The number of amides is 1. The average molecular weight is 264 g/mol. The third-order valence-electron chi connectivity index (χ3n) is 2.75. The first kappa shape index (κ1) is 12.8. The highest BCUT2D eigenvalue weighted by Gasteiger charge is 2.17. The number of aromatic nitrogens is 3. The molecule has 0 aliphatic heterocycles. The van der Waals surface area contributed by atoms with Gasteiger partial charge >= 0.3 is 0 Å². The minimum absolute atomic E-state index is 0.0169. The zero-order valence-electron chi connectivity index (χ0n) is 10.5. The Morgan fingerprint density at radius 1 is 1.61 bits per heavy atom. The van der Waals surface area contributed by atoms with Crippen molar-refractivity contribution in [2.24, 2.45) is 7.05 Å². The van der Waals surface area contributed by atoms with Gasteiger partial charge in [-0.1, -0.05) is 6.92 Å². The van der Waals surface area contributed by atoms with Gasteiger partial charge in [0.1, 0.15) is 12.2 Å². The Hall–Kier alpha value is -1.69. The second-order valence-corrected chi connectivity index (χ2v) is 4.86. The number of carbonyl (C=O) groups excluding carboxylic acids is 1. The van der Waals surface area contributed by atoms with Crippen LogP contribution in [0.3, 0.4) is 0 Å². The normalized spacial score (nSPS) is 12.3. The Morgan fingerprint density at radius 2 is 2.44 bits per heavy atom. The molecule has 1 N–H and O–H groups in total. The van der Waals surface area contributed by atoms with E-state index >= 15 is 0 Å². The smallest absolute Gasteiger partial charge is 0.225 e. The molecule has 18 heavy (non-hydrogen) atoms. The SMILES string of the molecule is CC[C@@H](NC(=O)Cc1ccsc1)c1ncnn1C. The number of rotatable bonds is 5. The topological polar surface area (TPSA) is 59.8 Å². The molecule has 0 aromatic carbocycles. The number of nitrogens with one attached hydrogen (secondary N) is 1. The summed E-state index contributed by atoms with van der Waals surface area (Å²) < 4.78 is 1.69. The zero-order chi connectivity index (χ0) is 13.0. The molecule has 0 bridgehead atoms. The molecule has 0 saturated carbocycles. The van der Waals surface area contributed by atoms with Gasteiger partial charge in [0.15, 0.2) is 0 Å².